The Balaban J connectivity index is 2.41. The quantitative estimate of drug-likeness (QED) is 0.780. The van der Waals surface area contributed by atoms with E-state index in [-0.39, 0.29) is 18.6 Å². The molecular formula is C13H26N2O2. The lowest BCUT2D eigenvalue weighted by molar-refractivity contribution is -0.130. The van der Waals surface area contributed by atoms with E-state index in [4.69, 9.17) is 0 Å². The molecule has 1 fully saturated rings. The first kappa shape index (κ1) is 14.5. The molecule has 1 rings (SSSR count). The van der Waals surface area contributed by atoms with Crippen molar-refractivity contribution < 1.29 is 9.90 Å². The molecule has 1 N–H and O–H groups in total. The number of carbonyl (C=O) groups excluding carboxylic acids is 1. The summed E-state index contributed by atoms with van der Waals surface area (Å²) in [5.74, 6) is 0.732. The number of amides is 1. The van der Waals surface area contributed by atoms with Crippen LogP contribution in [-0.2, 0) is 4.79 Å². The van der Waals surface area contributed by atoms with Crippen LogP contribution in [0.2, 0.25) is 0 Å². The molecule has 0 aromatic carbocycles. The van der Waals surface area contributed by atoms with Crippen molar-refractivity contribution in [1.29, 1.82) is 0 Å². The van der Waals surface area contributed by atoms with Gasteiger partial charge in [-0.05, 0) is 32.2 Å². The Labute approximate surface area is 105 Å². The minimum absolute atomic E-state index is 0.197. The molecule has 17 heavy (non-hydrogen) atoms. The molecule has 4 nitrogen and oxygen atoms in total. The Bertz CT molecular complexity index is 246. The molecule has 0 radical (unpaired) electrons. The van der Waals surface area contributed by atoms with E-state index in [2.05, 4.69) is 11.8 Å². The molecule has 0 bridgehead atoms. The molecule has 2 unspecified atom stereocenters. The zero-order chi connectivity index (χ0) is 12.8. The summed E-state index contributed by atoms with van der Waals surface area (Å²) in [6.45, 7) is 6.93. The van der Waals surface area contributed by atoms with Crippen molar-refractivity contribution in [2.45, 2.75) is 39.2 Å². The Hall–Kier alpha value is -0.610. The SMILES string of the molecule is CCN(C)C(=O)CCN1CCCC(C)C1CO. The lowest BCUT2D eigenvalue weighted by Crippen LogP contribution is -2.47. The first-order valence-corrected chi connectivity index (χ1v) is 6.69. The molecule has 1 saturated heterocycles. The summed E-state index contributed by atoms with van der Waals surface area (Å²) in [6, 6.07) is 0.239. The molecule has 1 heterocycles. The molecule has 0 saturated carbocycles. The van der Waals surface area contributed by atoms with Gasteiger partial charge in [0.25, 0.3) is 0 Å². The van der Waals surface area contributed by atoms with Gasteiger partial charge in [0.1, 0.15) is 0 Å². The summed E-state index contributed by atoms with van der Waals surface area (Å²) in [5.41, 5.74) is 0. The highest BCUT2D eigenvalue weighted by molar-refractivity contribution is 5.75. The third kappa shape index (κ3) is 3.96. The molecular weight excluding hydrogens is 216 g/mol. The van der Waals surface area contributed by atoms with Gasteiger partial charge in [-0.2, -0.15) is 0 Å². The Morgan fingerprint density at radius 1 is 1.53 bits per heavy atom. The van der Waals surface area contributed by atoms with Gasteiger partial charge in [0.15, 0.2) is 0 Å². The summed E-state index contributed by atoms with van der Waals surface area (Å²) in [5, 5.41) is 9.42. The first-order chi connectivity index (χ1) is 8.10. The van der Waals surface area contributed by atoms with E-state index in [0.717, 1.165) is 19.6 Å². The van der Waals surface area contributed by atoms with Gasteiger partial charge in [-0.1, -0.05) is 6.92 Å². The van der Waals surface area contributed by atoms with Crippen LogP contribution in [-0.4, -0.2) is 60.1 Å². The highest BCUT2D eigenvalue weighted by Crippen LogP contribution is 2.22. The molecule has 4 heteroatoms. The van der Waals surface area contributed by atoms with Crippen molar-refractivity contribution in [2.75, 3.05) is 33.3 Å². The average Bonchev–Trinajstić information content (AvgIpc) is 2.34. The maximum atomic E-state index is 11.7. The normalized spacial score (nSPS) is 25.9. The van der Waals surface area contributed by atoms with Gasteiger partial charge in [0.2, 0.25) is 5.91 Å². The van der Waals surface area contributed by atoms with Crippen LogP contribution < -0.4 is 0 Å². The maximum Gasteiger partial charge on any atom is 0.223 e. The van der Waals surface area contributed by atoms with Crippen molar-refractivity contribution in [3.63, 3.8) is 0 Å². The largest absolute Gasteiger partial charge is 0.395 e. The highest BCUT2D eigenvalue weighted by Gasteiger charge is 2.27. The number of likely N-dealkylation sites (tertiary alicyclic amines) is 1. The predicted molar refractivity (Wildman–Crippen MR) is 68.8 cm³/mol. The van der Waals surface area contributed by atoms with Crippen LogP contribution in [0.25, 0.3) is 0 Å². The smallest absolute Gasteiger partial charge is 0.223 e. The fourth-order valence-corrected chi connectivity index (χ4v) is 2.51. The summed E-state index contributed by atoms with van der Waals surface area (Å²) < 4.78 is 0. The summed E-state index contributed by atoms with van der Waals surface area (Å²) in [7, 11) is 1.84. The van der Waals surface area contributed by atoms with Crippen molar-refractivity contribution in [2.24, 2.45) is 5.92 Å². The molecule has 0 aromatic heterocycles. The van der Waals surface area contributed by atoms with Crippen LogP contribution in [0.3, 0.4) is 0 Å². The number of hydrogen-bond donors (Lipinski definition) is 1. The van der Waals surface area contributed by atoms with Gasteiger partial charge in [0.05, 0.1) is 6.61 Å². The second-order valence-electron chi connectivity index (χ2n) is 5.06. The van der Waals surface area contributed by atoms with E-state index in [1.165, 1.54) is 12.8 Å². The van der Waals surface area contributed by atoms with E-state index >= 15 is 0 Å². The Morgan fingerprint density at radius 2 is 2.24 bits per heavy atom. The lowest BCUT2D eigenvalue weighted by Gasteiger charge is -2.39. The van der Waals surface area contributed by atoms with Crippen molar-refractivity contribution in [1.82, 2.24) is 9.80 Å². The van der Waals surface area contributed by atoms with Gasteiger partial charge in [0, 0.05) is 32.6 Å². The molecule has 100 valence electrons. The van der Waals surface area contributed by atoms with Crippen molar-refractivity contribution in [3.05, 3.63) is 0 Å². The number of aliphatic hydroxyl groups is 1. The van der Waals surface area contributed by atoms with E-state index in [9.17, 15) is 9.90 Å². The number of carbonyl (C=O) groups is 1. The average molecular weight is 242 g/mol. The van der Waals surface area contributed by atoms with Gasteiger partial charge < -0.3 is 10.0 Å². The van der Waals surface area contributed by atoms with Crippen LogP contribution in [0.15, 0.2) is 0 Å². The van der Waals surface area contributed by atoms with E-state index in [0.29, 0.717) is 12.3 Å². The fourth-order valence-electron chi connectivity index (χ4n) is 2.51. The van der Waals surface area contributed by atoms with Gasteiger partial charge in [-0.3, -0.25) is 9.69 Å². The minimum atomic E-state index is 0.197. The van der Waals surface area contributed by atoms with Crippen LogP contribution in [0.5, 0.6) is 0 Å². The van der Waals surface area contributed by atoms with Crippen LogP contribution >= 0.6 is 0 Å². The summed E-state index contributed by atoms with van der Waals surface area (Å²) in [6.07, 6.45) is 2.92. The van der Waals surface area contributed by atoms with Crippen LogP contribution in [0, 0.1) is 5.92 Å². The third-order valence-corrected chi connectivity index (χ3v) is 3.93. The maximum absolute atomic E-state index is 11.7. The number of nitrogens with zero attached hydrogens (tertiary/aromatic N) is 2. The number of piperidine rings is 1. The topological polar surface area (TPSA) is 43.8 Å². The second kappa shape index (κ2) is 6.97. The molecule has 1 aliphatic rings. The molecule has 0 aromatic rings. The van der Waals surface area contributed by atoms with Crippen LogP contribution in [0.4, 0.5) is 0 Å². The second-order valence-corrected chi connectivity index (χ2v) is 5.06. The van der Waals surface area contributed by atoms with Gasteiger partial charge in [-0.15, -0.1) is 0 Å². The van der Waals surface area contributed by atoms with E-state index in [1.807, 2.05) is 14.0 Å². The molecule has 0 aliphatic carbocycles. The lowest BCUT2D eigenvalue weighted by atomic mass is 9.91. The zero-order valence-electron chi connectivity index (χ0n) is 11.4. The van der Waals surface area contributed by atoms with Crippen LogP contribution in [0.1, 0.15) is 33.1 Å². The van der Waals surface area contributed by atoms with Crippen molar-refractivity contribution >= 4 is 5.91 Å². The van der Waals surface area contributed by atoms with E-state index < -0.39 is 0 Å². The number of aliphatic hydroxyl groups excluding tert-OH is 1. The molecule has 2 atom stereocenters. The van der Waals surface area contributed by atoms with Gasteiger partial charge >= 0.3 is 0 Å². The molecule has 1 aliphatic heterocycles. The monoisotopic (exact) mass is 242 g/mol. The minimum Gasteiger partial charge on any atom is -0.395 e. The predicted octanol–water partition coefficient (Wildman–Crippen LogP) is 0.948. The summed E-state index contributed by atoms with van der Waals surface area (Å²) in [4.78, 5) is 15.8. The summed E-state index contributed by atoms with van der Waals surface area (Å²) >= 11 is 0. The zero-order valence-corrected chi connectivity index (χ0v) is 11.4. The molecule has 1 amide bonds. The number of rotatable bonds is 5. The molecule has 0 spiro atoms. The van der Waals surface area contributed by atoms with Crippen molar-refractivity contribution in [3.8, 4) is 0 Å². The van der Waals surface area contributed by atoms with Gasteiger partial charge in [-0.25, -0.2) is 0 Å². The highest BCUT2D eigenvalue weighted by atomic mass is 16.3. The first-order valence-electron chi connectivity index (χ1n) is 6.69. The number of hydrogen-bond acceptors (Lipinski definition) is 3. The van der Waals surface area contributed by atoms with E-state index in [1.54, 1.807) is 4.90 Å². The fraction of sp³-hybridized carbons (Fsp3) is 0.923. The standard InChI is InChI=1S/C13H26N2O2/c1-4-14(3)13(17)7-9-15-8-5-6-11(2)12(15)10-16/h11-12,16H,4-10H2,1-3H3. The Morgan fingerprint density at radius 3 is 2.82 bits per heavy atom. The Kier molecular flexibility index (Phi) is 5.92. The third-order valence-electron chi connectivity index (χ3n) is 3.93.